The van der Waals surface area contributed by atoms with Crippen molar-refractivity contribution in [2.75, 3.05) is 74.6 Å². The van der Waals surface area contributed by atoms with E-state index >= 15 is 0 Å². The van der Waals surface area contributed by atoms with Crippen LogP contribution in [0.2, 0.25) is 0 Å². The van der Waals surface area contributed by atoms with Crippen molar-refractivity contribution >= 4 is 29.7 Å². The number of amides is 1. The Morgan fingerprint density at radius 2 is 1.53 bits per heavy atom. The number of rotatable bonds is 9. The first kappa shape index (κ1) is 25.5. The summed E-state index contributed by atoms with van der Waals surface area (Å²) in [5, 5.41) is 0. The number of nitrogens with two attached hydrogens (primary N) is 1. The van der Waals surface area contributed by atoms with E-state index in [-0.39, 0.29) is 17.8 Å². The van der Waals surface area contributed by atoms with Crippen molar-refractivity contribution in [2.45, 2.75) is 32.6 Å². The van der Waals surface area contributed by atoms with Crippen molar-refractivity contribution in [2.24, 2.45) is 0 Å². The maximum Gasteiger partial charge on any atom is 0.305 e. The van der Waals surface area contributed by atoms with E-state index < -0.39 is 0 Å². The van der Waals surface area contributed by atoms with Crippen LogP contribution in [-0.4, -0.2) is 101 Å². The molecular weight excluding hydrogens is 466 g/mol. The van der Waals surface area contributed by atoms with Crippen LogP contribution in [0.3, 0.4) is 0 Å². The number of anilines is 3. The Morgan fingerprint density at radius 1 is 0.917 bits per heavy atom. The van der Waals surface area contributed by atoms with Crippen LogP contribution in [-0.2, 0) is 19.1 Å². The molecule has 0 bridgehead atoms. The van der Waals surface area contributed by atoms with Gasteiger partial charge in [0.2, 0.25) is 23.8 Å². The van der Waals surface area contributed by atoms with Crippen LogP contribution in [0.5, 0.6) is 0 Å². The molecule has 2 aliphatic rings. The lowest BCUT2D eigenvalue weighted by Gasteiger charge is -2.35. The van der Waals surface area contributed by atoms with Gasteiger partial charge in [-0.05, 0) is 19.8 Å². The molecule has 2 saturated heterocycles. The van der Waals surface area contributed by atoms with Gasteiger partial charge in [0.25, 0.3) is 0 Å². The average Bonchev–Trinajstić information content (AvgIpc) is 2.92. The largest absolute Gasteiger partial charge is 0.466 e. The minimum atomic E-state index is -0.211. The summed E-state index contributed by atoms with van der Waals surface area (Å²) in [5.74, 6) is 1.68. The monoisotopic (exact) mass is 499 g/mol. The number of hydrogen-bond acceptors (Lipinski definition) is 12. The number of esters is 1. The molecule has 2 N–H and O–H groups in total. The van der Waals surface area contributed by atoms with Crippen molar-refractivity contribution in [3.05, 3.63) is 12.4 Å². The fourth-order valence-corrected chi connectivity index (χ4v) is 4.08. The standard InChI is InChI=1S/C23H33N9O4/c1-2-36-19(34)6-4-3-5-18(33)30-7-9-31(10-8-30)22-27-20(17-15-25-21(24)26-16-17)28-23(29-22)32-11-13-35-14-12-32/h15-16H,2-14H2,1H3,(H2,24,25,26). The summed E-state index contributed by atoms with van der Waals surface area (Å²) in [5.41, 5.74) is 6.29. The van der Waals surface area contributed by atoms with E-state index in [1.54, 1.807) is 19.3 Å². The third-order valence-corrected chi connectivity index (χ3v) is 6.08. The normalized spacial score (nSPS) is 16.2. The third kappa shape index (κ3) is 6.74. The molecule has 4 rings (SSSR count). The molecule has 194 valence electrons. The minimum Gasteiger partial charge on any atom is -0.466 e. The molecule has 0 spiro atoms. The lowest BCUT2D eigenvalue weighted by Crippen LogP contribution is -2.49. The number of unbranched alkanes of at least 4 members (excludes halogenated alkanes) is 1. The fraction of sp³-hybridized carbons (Fsp3) is 0.609. The Bertz CT molecular complexity index is 1020. The highest BCUT2D eigenvalue weighted by Gasteiger charge is 2.25. The molecule has 0 saturated carbocycles. The van der Waals surface area contributed by atoms with Crippen molar-refractivity contribution in [3.8, 4) is 11.4 Å². The van der Waals surface area contributed by atoms with Gasteiger partial charge in [0.1, 0.15) is 0 Å². The Hall–Kier alpha value is -3.61. The molecule has 1 amide bonds. The summed E-state index contributed by atoms with van der Waals surface area (Å²) < 4.78 is 10.4. The van der Waals surface area contributed by atoms with Crippen LogP contribution < -0.4 is 15.5 Å². The number of carbonyl (C=O) groups is 2. The topological polar surface area (TPSA) is 153 Å². The minimum absolute atomic E-state index is 0.0999. The van der Waals surface area contributed by atoms with E-state index in [0.717, 1.165) is 0 Å². The van der Waals surface area contributed by atoms with Crippen molar-refractivity contribution in [1.29, 1.82) is 0 Å². The zero-order valence-electron chi connectivity index (χ0n) is 20.6. The molecule has 2 aromatic heterocycles. The Kier molecular flexibility index (Phi) is 8.76. The van der Waals surface area contributed by atoms with Gasteiger partial charge in [-0.2, -0.15) is 15.0 Å². The quantitative estimate of drug-likeness (QED) is 0.378. The second kappa shape index (κ2) is 12.4. The number of nitrogen functional groups attached to an aromatic ring is 1. The highest BCUT2D eigenvalue weighted by molar-refractivity contribution is 5.76. The molecule has 0 aromatic carbocycles. The molecule has 13 nitrogen and oxygen atoms in total. The Balaban J connectivity index is 1.39. The summed E-state index contributed by atoms with van der Waals surface area (Å²) >= 11 is 0. The first-order valence-electron chi connectivity index (χ1n) is 12.4. The van der Waals surface area contributed by atoms with Gasteiger partial charge in [-0.15, -0.1) is 0 Å². The fourth-order valence-electron chi connectivity index (χ4n) is 4.08. The average molecular weight is 500 g/mol. The highest BCUT2D eigenvalue weighted by Crippen LogP contribution is 2.22. The molecule has 2 aliphatic heterocycles. The first-order chi connectivity index (χ1) is 17.5. The van der Waals surface area contributed by atoms with Crippen LogP contribution in [0, 0.1) is 0 Å². The third-order valence-electron chi connectivity index (χ3n) is 6.08. The Morgan fingerprint density at radius 3 is 2.17 bits per heavy atom. The predicted molar refractivity (Wildman–Crippen MR) is 132 cm³/mol. The molecule has 13 heteroatoms. The number of hydrogen-bond donors (Lipinski definition) is 1. The summed E-state index contributed by atoms with van der Waals surface area (Å²) in [7, 11) is 0. The van der Waals surface area contributed by atoms with Crippen LogP contribution in [0.25, 0.3) is 11.4 Å². The van der Waals surface area contributed by atoms with Gasteiger partial charge >= 0.3 is 5.97 Å². The molecule has 0 aliphatic carbocycles. The van der Waals surface area contributed by atoms with Crippen LogP contribution in [0.1, 0.15) is 32.6 Å². The van der Waals surface area contributed by atoms with E-state index in [1.165, 1.54) is 0 Å². The molecule has 4 heterocycles. The maximum atomic E-state index is 12.6. The summed E-state index contributed by atoms with van der Waals surface area (Å²) in [6.45, 7) is 7.16. The van der Waals surface area contributed by atoms with Gasteiger partial charge in [-0.1, -0.05) is 0 Å². The van der Waals surface area contributed by atoms with Gasteiger partial charge < -0.3 is 29.9 Å². The van der Waals surface area contributed by atoms with E-state index in [4.69, 9.17) is 25.2 Å². The van der Waals surface area contributed by atoms with E-state index in [2.05, 4.69) is 24.8 Å². The molecule has 2 fully saturated rings. The van der Waals surface area contributed by atoms with Gasteiger partial charge in [0, 0.05) is 64.5 Å². The first-order valence-corrected chi connectivity index (χ1v) is 12.4. The summed E-state index contributed by atoms with van der Waals surface area (Å²) in [4.78, 5) is 52.3. The number of morpholine rings is 1. The molecule has 36 heavy (non-hydrogen) atoms. The van der Waals surface area contributed by atoms with Crippen LogP contribution in [0.15, 0.2) is 12.4 Å². The number of ether oxygens (including phenoxy) is 2. The number of nitrogens with zero attached hydrogens (tertiary/aromatic N) is 8. The molecule has 0 unspecified atom stereocenters. The number of aromatic nitrogens is 5. The van der Waals surface area contributed by atoms with E-state index in [0.29, 0.717) is 108 Å². The van der Waals surface area contributed by atoms with Gasteiger partial charge in [0.05, 0.1) is 25.4 Å². The van der Waals surface area contributed by atoms with Crippen LogP contribution >= 0.6 is 0 Å². The van der Waals surface area contributed by atoms with E-state index in [1.807, 2.05) is 4.90 Å². The van der Waals surface area contributed by atoms with Crippen molar-refractivity contribution in [1.82, 2.24) is 29.8 Å². The van der Waals surface area contributed by atoms with Crippen molar-refractivity contribution in [3.63, 3.8) is 0 Å². The lowest BCUT2D eigenvalue weighted by molar-refractivity contribution is -0.143. The smallest absolute Gasteiger partial charge is 0.305 e. The maximum absolute atomic E-state index is 12.6. The zero-order valence-corrected chi connectivity index (χ0v) is 20.6. The second-order valence-corrected chi connectivity index (χ2v) is 8.57. The number of piperazine rings is 1. The molecular formula is C23H33N9O4. The molecule has 0 atom stereocenters. The predicted octanol–water partition coefficient (Wildman–Crippen LogP) is 0.520. The zero-order chi connectivity index (χ0) is 25.3. The van der Waals surface area contributed by atoms with Gasteiger partial charge in [-0.3, -0.25) is 9.59 Å². The number of carbonyl (C=O) groups excluding carboxylic acids is 2. The van der Waals surface area contributed by atoms with Crippen molar-refractivity contribution < 1.29 is 19.1 Å². The van der Waals surface area contributed by atoms with Gasteiger partial charge in [0.15, 0.2) is 5.82 Å². The SMILES string of the molecule is CCOC(=O)CCCCC(=O)N1CCN(c2nc(-c3cnc(N)nc3)nc(N3CCOCC3)n2)CC1. The molecule has 2 aromatic rings. The summed E-state index contributed by atoms with van der Waals surface area (Å²) in [6, 6.07) is 0. The highest BCUT2D eigenvalue weighted by atomic mass is 16.5. The van der Waals surface area contributed by atoms with Crippen LogP contribution in [0.4, 0.5) is 17.8 Å². The van der Waals surface area contributed by atoms with E-state index in [9.17, 15) is 9.59 Å². The Labute approximate surface area is 210 Å². The summed E-state index contributed by atoms with van der Waals surface area (Å²) in [6.07, 6.45) is 5.29. The lowest BCUT2D eigenvalue weighted by atomic mass is 10.1. The molecule has 0 radical (unpaired) electrons. The van der Waals surface area contributed by atoms with Gasteiger partial charge in [-0.25, -0.2) is 9.97 Å². The second-order valence-electron chi connectivity index (χ2n) is 8.57.